The molecule has 0 radical (unpaired) electrons. The number of hydrogen-bond donors (Lipinski definition) is 1. The molecule has 0 saturated carbocycles. The monoisotopic (exact) mass is 274 g/mol. The van der Waals surface area contributed by atoms with Crippen LogP contribution >= 0.6 is 0 Å². The predicted molar refractivity (Wildman–Crippen MR) is 74.2 cm³/mol. The summed E-state index contributed by atoms with van der Waals surface area (Å²) in [6.45, 7) is 1.92. The molecule has 2 aromatic rings. The van der Waals surface area contributed by atoms with Crippen LogP contribution in [0.25, 0.3) is 0 Å². The van der Waals surface area contributed by atoms with E-state index in [9.17, 15) is 10.1 Å². The Morgan fingerprint density at radius 3 is 2.75 bits per heavy atom. The van der Waals surface area contributed by atoms with Gasteiger partial charge in [-0.1, -0.05) is 6.07 Å². The topological polar surface area (TPSA) is 111 Å². The molecule has 8 heteroatoms. The highest BCUT2D eigenvalue weighted by molar-refractivity contribution is 5.61. The molecule has 0 aliphatic heterocycles. The number of aromatic nitrogens is 3. The molecule has 104 valence electrons. The van der Waals surface area contributed by atoms with Crippen LogP contribution in [0.1, 0.15) is 11.4 Å². The van der Waals surface area contributed by atoms with Crippen molar-refractivity contribution in [2.24, 2.45) is 0 Å². The summed E-state index contributed by atoms with van der Waals surface area (Å²) in [7, 11) is 1.70. The Hall–Kier alpha value is -2.77. The van der Waals surface area contributed by atoms with E-state index in [2.05, 4.69) is 15.0 Å². The first kappa shape index (κ1) is 13.7. The molecule has 8 nitrogen and oxygen atoms in total. The summed E-state index contributed by atoms with van der Waals surface area (Å²) in [5, 5.41) is 11.2. The number of hydrogen-bond acceptors (Lipinski definition) is 7. The lowest BCUT2D eigenvalue weighted by Gasteiger charge is -2.18. The molecule has 2 rings (SSSR count). The number of nitrogens with two attached hydrogens (primary N) is 1. The Kier molecular flexibility index (Phi) is 3.74. The summed E-state index contributed by atoms with van der Waals surface area (Å²) in [4.78, 5) is 24.3. The Morgan fingerprint density at radius 1 is 1.40 bits per heavy atom. The molecule has 0 bridgehead atoms. The maximum absolute atomic E-state index is 11.2. The van der Waals surface area contributed by atoms with Gasteiger partial charge < -0.3 is 10.6 Å². The van der Waals surface area contributed by atoms with Gasteiger partial charge in [-0.25, -0.2) is 4.98 Å². The van der Waals surface area contributed by atoms with Crippen LogP contribution in [0.3, 0.4) is 0 Å². The third kappa shape index (κ3) is 2.79. The smallest absolute Gasteiger partial charge is 0.332 e. The number of pyridine rings is 1. The first-order chi connectivity index (χ1) is 9.49. The molecule has 2 aromatic heterocycles. The van der Waals surface area contributed by atoms with Crippen molar-refractivity contribution in [3.8, 4) is 0 Å². The van der Waals surface area contributed by atoms with Gasteiger partial charge in [-0.15, -0.1) is 0 Å². The molecule has 0 aliphatic rings. The summed E-state index contributed by atoms with van der Waals surface area (Å²) >= 11 is 0. The second-order valence-electron chi connectivity index (χ2n) is 4.27. The Morgan fingerprint density at radius 2 is 2.15 bits per heavy atom. The van der Waals surface area contributed by atoms with Gasteiger partial charge in [-0.3, -0.25) is 15.1 Å². The minimum Gasteiger partial charge on any atom is -0.368 e. The molecule has 2 heterocycles. The van der Waals surface area contributed by atoms with Crippen molar-refractivity contribution in [2.75, 3.05) is 17.7 Å². The second-order valence-corrected chi connectivity index (χ2v) is 4.27. The van der Waals surface area contributed by atoms with Gasteiger partial charge in [-0.2, -0.15) is 4.98 Å². The van der Waals surface area contributed by atoms with Crippen LogP contribution in [-0.2, 0) is 6.54 Å². The minimum atomic E-state index is -0.501. The van der Waals surface area contributed by atoms with Gasteiger partial charge in [0.05, 0.1) is 17.2 Å². The Balaban J connectivity index is 2.38. The third-order valence-electron chi connectivity index (χ3n) is 2.73. The predicted octanol–water partition coefficient (Wildman–Crippen LogP) is 1.31. The fourth-order valence-electron chi connectivity index (χ4n) is 1.86. The van der Waals surface area contributed by atoms with Gasteiger partial charge in [0.1, 0.15) is 5.69 Å². The van der Waals surface area contributed by atoms with Crippen LogP contribution in [0.15, 0.2) is 24.4 Å². The summed E-state index contributed by atoms with van der Waals surface area (Å²) < 4.78 is 0. The fourth-order valence-corrected chi connectivity index (χ4v) is 1.86. The van der Waals surface area contributed by atoms with E-state index >= 15 is 0 Å². The van der Waals surface area contributed by atoms with E-state index < -0.39 is 4.92 Å². The van der Waals surface area contributed by atoms with E-state index in [1.807, 2.05) is 12.1 Å². The number of aryl methyl sites for hydroxylation is 1. The normalized spacial score (nSPS) is 10.3. The number of rotatable bonds is 4. The minimum absolute atomic E-state index is 0.0102. The van der Waals surface area contributed by atoms with Gasteiger partial charge in [-0.05, 0) is 19.1 Å². The van der Waals surface area contributed by atoms with Crippen LogP contribution < -0.4 is 10.6 Å². The zero-order valence-electron chi connectivity index (χ0n) is 11.1. The van der Waals surface area contributed by atoms with E-state index in [-0.39, 0.29) is 23.1 Å². The van der Waals surface area contributed by atoms with Crippen molar-refractivity contribution >= 4 is 17.5 Å². The van der Waals surface area contributed by atoms with E-state index in [0.29, 0.717) is 6.54 Å². The molecule has 0 spiro atoms. The Labute approximate surface area is 115 Å². The number of nitrogen functional groups attached to an aromatic ring is 1. The zero-order valence-corrected chi connectivity index (χ0v) is 11.1. The van der Waals surface area contributed by atoms with E-state index in [1.54, 1.807) is 24.2 Å². The van der Waals surface area contributed by atoms with Crippen LogP contribution in [0.5, 0.6) is 0 Å². The summed E-state index contributed by atoms with van der Waals surface area (Å²) in [6, 6.07) is 5.49. The first-order valence-electron chi connectivity index (χ1n) is 5.88. The number of nitro groups is 1. The van der Waals surface area contributed by atoms with E-state index in [0.717, 1.165) is 5.69 Å². The van der Waals surface area contributed by atoms with Crippen molar-refractivity contribution in [3.63, 3.8) is 0 Å². The summed E-state index contributed by atoms with van der Waals surface area (Å²) in [5.41, 5.74) is 6.45. The third-order valence-corrected chi connectivity index (χ3v) is 2.73. The van der Waals surface area contributed by atoms with Gasteiger partial charge in [0, 0.05) is 13.2 Å². The van der Waals surface area contributed by atoms with Crippen molar-refractivity contribution in [1.82, 2.24) is 15.0 Å². The molecule has 0 aromatic carbocycles. The van der Waals surface area contributed by atoms with Crippen LogP contribution in [0.2, 0.25) is 0 Å². The fraction of sp³-hybridized carbons (Fsp3) is 0.250. The van der Waals surface area contributed by atoms with Crippen molar-refractivity contribution < 1.29 is 4.92 Å². The molecule has 0 amide bonds. The summed E-state index contributed by atoms with van der Waals surface area (Å²) in [6.07, 6.45) is 1.66. The highest BCUT2D eigenvalue weighted by Gasteiger charge is 2.24. The molecule has 0 atom stereocenters. The lowest BCUT2D eigenvalue weighted by atomic mass is 10.3. The average Bonchev–Trinajstić information content (AvgIpc) is 2.38. The Bertz CT molecular complexity index is 631. The average molecular weight is 274 g/mol. The molecule has 0 aliphatic carbocycles. The maximum atomic E-state index is 11.2. The quantitative estimate of drug-likeness (QED) is 0.660. The molecule has 0 fully saturated rings. The van der Waals surface area contributed by atoms with Gasteiger partial charge in [0.2, 0.25) is 11.8 Å². The molecule has 0 saturated heterocycles. The molecule has 0 unspecified atom stereocenters. The molecule has 20 heavy (non-hydrogen) atoms. The highest BCUT2D eigenvalue weighted by atomic mass is 16.6. The SMILES string of the molecule is Cc1nc(N)nc(N(C)Cc2ccccn2)c1[N+](=O)[O-]. The standard InChI is InChI=1S/C12H14N6O2/c1-8-10(18(19)20)11(16-12(13)15-8)17(2)7-9-5-3-4-6-14-9/h3-6H,7H2,1-2H3,(H2,13,15,16). The van der Waals surface area contributed by atoms with Gasteiger partial charge in [0.15, 0.2) is 0 Å². The first-order valence-corrected chi connectivity index (χ1v) is 5.88. The van der Waals surface area contributed by atoms with Crippen LogP contribution in [0.4, 0.5) is 17.5 Å². The van der Waals surface area contributed by atoms with E-state index in [1.165, 1.54) is 6.92 Å². The number of nitrogens with zero attached hydrogens (tertiary/aromatic N) is 5. The van der Waals surface area contributed by atoms with Crippen molar-refractivity contribution in [3.05, 3.63) is 45.9 Å². The zero-order chi connectivity index (χ0) is 14.7. The van der Waals surface area contributed by atoms with Gasteiger partial charge >= 0.3 is 5.69 Å². The van der Waals surface area contributed by atoms with Crippen LogP contribution in [0, 0.1) is 17.0 Å². The largest absolute Gasteiger partial charge is 0.368 e. The lowest BCUT2D eigenvalue weighted by molar-refractivity contribution is -0.385. The second kappa shape index (κ2) is 5.47. The van der Waals surface area contributed by atoms with Crippen molar-refractivity contribution in [2.45, 2.75) is 13.5 Å². The highest BCUT2D eigenvalue weighted by Crippen LogP contribution is 2.29. The van der Waals surface area contributed by atoms with E-state index in [4.69, 9.17) is 5.73 Å². The molecular formula is C12H14N6O2. The maximum Gasteiger partial charge on any atom is 0.332 e. The molecular weight excluding hydrogens is 260 g/mol. The lowest BCUT2D eigenvalue weighted by Crippen LogP contribution is -2.21. The molecule has 2 N–H and O–H groups in total. The van der Waals surface area contributed by atoms with Crippen molar-refractivity contribution in [1.29, 1.82) is 0 Å². The van der Waals surface area contributed by atoms with Gasteiger partial charge in [0.25, 0.3) is 0 Å². The number of anilines is 2. The summed E-state index contributed by atoms with van der Waals surface area (Å²) in [5.74, 6) is 0.196. The van der Waals surface area contributed by atoms with Crippen LogP contribution in [-0.4, -0.2) is 26.9 Å².